The number of anilines is 3. The molecule has 10 aromatic carbocycles. The molecule has 0 radical (unpaired) electrons. The van der Waals surface area contributed by atoms with Crippen molar-refractivity contribution in [2.24, 2.45) is 0 Å². The summed E-state index contributed by atoms with van der Waals surface area (Å²) in [6.45, 7) is 4.80. The molecule has 2 nitrogen and oxygen atoms in total. The summed E-state index contributed by atoms with van der Waals surface area (Å²) in [4.78, 5) is 2.38. The molecule has 0 unspecified atom stereocenters. The van der Waals surface area contributed by atoms with Crippen molar-refractivity contribution in [3.63, 3.8) is 0 Å². The smallest absolute Gasteiger partial charge is 0.0719 e. The Labute approximate surface area is 386 Å². The van der Waals surface area contributed by atoms with Crippen LogP contribution < -0.4 is 4.90 Å². The van der Waals surface area contributed by atoms with Crippen LogP contribution in [0.3, 0.4) is 0 Å². The molecule has 1 spiro atoms. The van der Waals surface area contributed by atoms with Crippen molar-refractivity contribution in [3.8, 4) is 39.1 Å². The Kier molecular flexibility index (Phi) is 8.51. The van der Waals surface area contributed by atoms with Gasteiger partial charge in [0.1, 0.15) is 0 Å². The fraction of sp³-hybridized carbons (Fsp3) is 0.0625. The van der Waals surface area contributed by atoms with Crippen molar-refractivity contribution in [1.29, 1.82) is 0 Å². The highest BCUT2D eigenvalue weighted by Gasteiger charge is 2.53. The van der Waals surface area contributed by atoms with E-state index in [4.69, 9.17) is 0 Å². The minimum Gasteiger partial charge on any atom is -0.310 e. The van der Waals surface area contributed by atoms with Gasteiger partial charge in [-0.25, -0.2) is 0 Å². The molecule has 66 heavy (non-hydrogen) atoms. The fourth-order valence-electron chi connectivity index (χ4n) is 11.7. The molecule has 0 fully saturated rings. The van der Waals surface area contributed by atoms with Crippen LogP contribution in [0.15, 0.2) is 243 Å². The topological polar surface area (TPSA) is 8.17 Å². The van der Waals surface area contributed by atoms with Gasteiger partial charge in [0.2, 0.25) is 0 Å². The van der Waals surface area contributed by atoms with Crippen LogP contribution in [0, 0.1) is 0 Å². The third kappa shape index (κ3) is 5.55. The quantitative estimate of drug-likeness (QED) is 0.162. The summed E-state index contributed by atoms with van der Waals surface area (Å²) in [6.07, 6.45) is 0. The summed E-state index contributed by atoms with van der Waals surface area (Å²) in [7, 11) is 0. The fourth-order valence-corrected chi connectivity index (χ4v) is 11.7. The maximum atomic E-state index is 2.51. The predicted molar refractivity (Wildman–Crippen MR) is 276 cm³/mol. The van der Waals surface area contributed by atoms with Crippen LogP contribution in [-0.4, -0.2) is 4.57 Å². The Bertz CT molecular complexity index is 3620. The average molecular weight is 843 g/mol. The molecule has 0 saturated heterocycles. The van der Waals surface area contributed by atoms with E-state index in [1.54, 1.807) is 0 Å². The number of fused-ring (bicyclic) bond motifs is 12. The summed E-state index contributed by atoms with van der Waals surface area (Å²) in [5.74, 6) is 0. The Morgan fingerprint density at radius 1 is 0.318 bits per heavy atom. The number of benzene rings is 10. The van der Waals surface area contributed by atoms with Crippen LogP contribution in [-0.2, 0) is 10.8 Å². The summed E-state index contributed by atoms with van der Waals surface area (Å²) in [6, 6.07) is 89.9. The highest BCUT2D eigenvalue weighted by molar-refractivity contribution is 6.10. The maximum Gasteiger partial charge on any atom is 0.0719 e. The van der Waals surface area contributed by atoms with Gasteiger partial charge in [-0.15, -0.1) is 0 Å². The molecule has 1 aromatic heterocycles. The molecule has 1 heterocycles. The van der Waals surface area contributed by atoms with Gasteiger partial charge >= 0.3 is 0 Å². The van der Waals surface area contributed by atoms with E-state index in [2.05, 4.69) is 266 Å². The minimum atomic E-state index is -0.441. The second-order valence-corrected chi connectivity index (χ2v) is 18.5. The Morgan fingerprint density at radius 3 is 1.58 bits per heavy atom. The first-order valence-corrected chi connectivity index (χ1v) is 23.1. The van der Waals surface area contributed by atoms with Crippen molar-refractivity contribution < 1.29 is 0 Å². The van der Waals surface area contributed by atoms with Gasteiger partial charge in [0, 0.05) is 38.9 Å². The van der Waals surface area contributed by atoms with Gasteiger partial charge in [0.05, 0.1) is 16.4 Å². The molecule has 0 aliphatic heterocycles. The molecular weight excluding hydrogens is 797 g/mol. The van der Waals surface area contributed by atoms with E-state index in [-0.39, 0.29) is 5.41 Å². The molecule has 11 aromatic rings. The molecule has 0 amide bonds. The molecule has 0 saturated carbocycles. The largest absolute Gasteiger partial charge is 0.310 e. The van der Waals surface area contributed by atoms with Crippen molar-refractivity contribution in [2.45, 2.75) is 24.7 Å². The molecule has 2 aliphatic rings. The molecule has 2 aliphatic carbocycles. The van der Waals surface area contributed by atoms with Gasteiger partial charge in [0.15, 0.2) is 0 Å². The molecule has 0 bridgehead atoms. The SMILES string of the molecule is CC1(C)c2ccccc2C2(c3ccccc3-c3ccccc32)c2cc(-c3cccc(N(c4ccccc4)c4ccc(-c5ccc6c(c5)c5ccccc5n6-c5ccccc5)cc4)c3)ccc21. The third-order valence-corrected chi connectivity index (χ3v) is 14.7. The van der Waals surface area contributed by atoms with E-state index >= 15 is 0 Å². The molecule has 0 N–H and O–H groups in total. The second kappa shape index (κ2) is 14.7. The number of hydrogen-bond donors (Lipinski definition) is 0. The molecule has 2 heteroatoms. The van der Waals surface area contributed by atoms with Crippen molar-refractivity contribution in [2.75, 3.05) is 4.90 Å². The highest BCUT2D eigenvalue weighted by Crippen LogP contribution is 2.62. The standard InChI is InChI=1S/C64H46N2/c1-63(2)57-29-14-15-30-59(57)64(55-27-12-9-24-51(55)52-25-10-13-28-56(52)64)60-42-46(34-38-58(60)63)44-18-17-23-50(40-44)65(47-19-5-3-6-20-47)49-36-32-43(33-37-49)45-35-39-62-54(41-45)53-26-11-16-31-61(53)66(62)48-21-7-4-8-22-48/h3-42H,1-2H3. The van der Waals surface area contributed by atoms with Gasteiger partial charge in [-0.2, -0.15) is 0 Å². The van der Waals surface area contributed by atoms with Crippen LogP contribution >= 0.6 is 0 Å². The lowest BCUT2D eigenvalue weighted by Crippen LogP contribution is -2.40. The first-order valence-electron chi connectivity index (χ1n) is 23.1. The van der Waals surface area contributed by atoms with Crippen LogP contribution in [0.2, 0.25) is 0 Å². The van der Waals surface area contributed by atoms with Crippen molar-refractivity contribution in [3.05, 3.63) is 276 Å². The zero-order valence-electron chi connectivity index (χ0n) is 37.0. The highest BCUT2D eigenvalue weighted by atomic mass is 15.1. The Balaban J connectivity index is 0.922. The zero-order valence-corrected chi connectivity index (χ0v) is 37.0. The van der Waals surface area contributed by atoms with Gasteiger partial charge in [-0.1, -0.05) is 184 Å². The number of rotatable bonds is 6. The monoisotopic (exact) mass is 842 g/mol. The number of nitrogens with zero attached hydrogens (tertiary/aromatic N) is 2. The lowest BCUT2D eigenvalue weighted by Gasteiger charge is -2.47. The number of para-hydroxylation sites is 3. The van der Waals surface area contributed by atoms with Gasteiger partial charge in [-0.05, 0) is 140 Å². The van der Waals surface area contributed by atoms with E-state index in [9.17, 15) is 0 Å². The van der Waals surface area contributed by atoms with E-state index in [1.807, 2.05) is 0 Å². The first-order chi connectivity index (χ1) is 32.5. The molecule has 0 atom stereocenters. The number of aromatic nitrogens is 1. The summed E-state index contributed by atoms with van der Waals surface area (Å²) < 4.78 is 2.37. The van der Waals surface area contributed by atoms with Crippen molar-refractivity contribution in [1.82, 2.24) is 4.57 Å². The normalized spacial score (nSPS) is 13.8. The van der Waals surface area contributed by atoms with Crippen LogP contribution in [0.25, 0.3) is 60.9 Å². The maximum absolute atomic E-state index is 2.51. The molecule has 312 valence electrons. The third-order valence-electron chi connectivity index (χ3n) is 14.7. The van der Waals surface area contributed by atoms with E-state index in [0.29, 0.717) is 0 Å². The first kappa shape index (κ1) is 38.3. The predicted octanol–water partition coefficient (Wildman–Crippen LogP) is 16.6. The van der Waals surface area contributed by atoms with Gasteiger partial charge in [0.25, 0.3) is 0 Å². The van der Waals surface area contributed by atoms with Gasteiger partial charge in [-0.3, -0.25) is 0 Å². The van der Waals surface area contributed by atoms with Crippen LogP contribution in [0.1, 0.15) is 47.2 Å². The summed E-state index contributed by atoms with van der Waals surface area (Å²) in [5.41, 5.74) is 21.9. The lowest BCUT2D eigenvalue weighted by molar-refractivity contribution is 0.563. The summed E-state index contributed by atoms with van der Waals surface area (Å²) >= 11 is 0. The van der Waals surface area contributed by atoms with Gasteiger partial charge < -0.3 is 9.47 Å². The molecular formula is C64H46N2. The average Bonchev–Trinajstić information content (AvgIpc) is 3.87. The van der Waals surface area contributed by atoms with E-state index in [0.717, 1.165) is 17.1 Å². The van der Waals surface area contributed by atoms with E-state index < -0.39 is 5.41 Å². The summed E-state index contributed by atoms with van der Waals surface area (Å²) in [5, 5.41) is 2.51. The number of hydrogen-bond acceptors (Lipinski definition) is 1. The Morgan fingerprint density at radius 2 is 0.833 bits per heavy atom. The lowest BCUT2D eigenvalue weighted by atomic mass is 9.55. The van der Waals surface area contributed by atoms with Crippen LogP contribution in [0.4, 0.5) is 17.1 Å². The second-order valence-electron chi connectivity index (χ2n) is 18.5. The van der Waals surface area contributed by atoms with Crippen molar-refractivity contribution >= 4 is 38.9 Å². The van der Waals surface area contributed by atoms with E-state index in [1.165, 1.54) is 94.3 Å². The Hall–Kier alpha value is -8.20. The van der Waals surface area contributed by atoms with Crippen LogP contribution in [0.5, 0.6) is 0 Å². The molecule has 13 rings (SSSR count). The minimum absolute atomic E-state index is 0.187. The zero-order chi connectivity index (χ0) is 44.0.